The molecule has 3 heterocycles. The zero-order chi connectivity index (χ0) is 11.0. The van der Waals surface area contributed by atoms with Crippen molar-refractivity contribution in [3.05, 3.63) is 17.0 Å². The van der Waals surface area contributed by atoms with Gasteiger partial charge >= 0.3 is 0 Å². The number of hydrogen-bond donors (Lipinski definition) is 0. The first-order valence-corrected chi connectivity index (χ1v) is 5.61. The Kier molecular flexibility index (Phi) is 2.49. The summed E-state index contributed by atoms with van der Waals surface area (Å²) in [5.41, 5.74) is 2.59. The molecule has 16 heavy (non-hydrogen) atoms. The molecule has 1 fully saturated rings. The van der Waals surface area contributed by atoms with Crippen LogP contribution in [-0.2, 0) is 22.7 Å². The van der Waals surface area contributed by atoms with Gasteiger partial charge in [0.25, 0.3) is 0 Å². The van der Waals surface area contributed by atoms with E-state index in [-0.39, 0.29) is 0 Å². The van der Waals surface area contributed by atoms with Crippen molar-refractivity contribution in [2.75, 3.05) is 13.2 Å². The van der Waals surface area contributed by atoms with E-state index in [1.165, 1.54) is 0 Å². The summed E-state index contributed by atoms with van der Waals surface area (Å²) in [6.07, 6.45) is 2.75. The summed E-state index contributed by atoms with van der Waals surface area (Å²) in [6.45, 7) is 2.65. The number of ether oxygens (including phenoxy) is 2. The van der Waals surface area contributed by atoms with Crippen molar-refractivity contribution in [1.82, 2.24) is 9.78 Å². The molecule has 0 saturated carbocycles. The van der Waals surface area contributed by atoms with Crippen molar-refractivity contribution in [1.29, 1.82) is 0 Å². The van der Waals surface area contributed by atoms with Crippen LogP contribution in [0.2, 0.25) is 0 Å². The fraction of sp³-hybridized carbons (Fsp3) is 0.636. The topological polar surface area (TPSA) is 53.4 Å². The predicted octanol–water partition coefficient (Wildman–Crippen LogP) is 1.08. The molecule has 0 N–H and O–H groups in total. The Morgan fingerprint density at radius 2 is 2.06 bits per heavy atom. The van der Waals surface area contributed by atoms with Gasteiger partial charge in [-0.2, -0.15) is 5.10 Å². The molecule has 2 aliphatic heterocycles. The first-order valence-electron chi connectivity index (χ1n) is 5.61. The van der Waals surface area contributed by atoms with Gasteiger partial charge < -0.3 is 9.47 Å². The van der Waals surface area contributed by atoms with E-state index in [9.17, 15) is 4.79 Å². The summed E-state index contributed by atoms with van der Waals surface area (Å²) in [4.78, 5) is 10.9. The molecule has 0 aliphatic carbocycles. The number of hydrogen-bond acceptors (Lipinski definition) is 4. The lowest BCUT2D eigenvalue weighted by molar-refractivity contribution is 0.0626. The van der Waals surface area contributed by atoms with Crippen molar-refractivity contribution < 1.29 is 14.3 Å². The summed E-state index contributed by atoms with van der Waals surface area (Å²) < 4.78 is 12.7. The van der Waals surface area contributed by atoms with Crippen LogP contribution in [0.1, 0.15) is 40.6 Å². The molecule has 1 aromatic rings. The van der Waals surface area contributed by atoms with Gasteiger partial charge in [0.15, 0.2) is 6.29 Å². The van der Waals surface area contributed by atoms with Crippen LogP contribution in [0.25, 0.3) is 0 Å². The Labute approximate surface area is 93.3 Å². The molecule has 5 nitrogen and oxygen atoms in total. The molecule has 1 saturated heterocycles. The van der Waals surface area contributed by atoms with Crippen LogP contribution >= 0.6 is 0 Å². The zero-order valence-corrected chi connectivity index (χ0v) is 9.02. The number of aldehydes is 1. The Morgan fingerprint density at radius 3 is 2.81 bits per heavy atom. The van der Waals surface area contributed by atoms with Gasteiger partial charge in [-0.1, -0.05) is 0 Å². The number of aromatic nitrogens is 2. The third kappa shape index (κ3) is 1.47. The van der Waals surface area contributed by atoms with Crippen LogP contribution in [0.5, 0.6) is 0 Å². The molecule has 1 aromatic heterocycles. The lowest BCUT2D eigenvalue weighted by atomic mass is 10.1. The third-order valence-corrected chi connectivity index (χ3v) is 3.28. The molecule has 5 heteroatoms. The largest absolute Gasteiger partial charge is 0.381 e. The molecule has 0 unspecified atom stereocenters. The van der Waals surface area contributed by atoms with E-state index in [2.05, 4.69) is 5.10 Å². The number of rotatable bonds is 2. The van der Waals surface area contributed by atoms with Crippen molar-refractivity contribution in [2.45, 2.75) is 32.1 Å². The highest BCUT2D eigenvalue weighted by Gasteiger charge is 2.27. The average molecular weight is 222 g/mol. The zero-order valence-electron chi connectivity index (χ0n) is 9.02. The second-order valence-corrected chi connectivity index (χ2v) is 4.21. The first-order chi connectivity index (χ1) is 7.90. The molecule has 0 amide bonds. The van der Waals surface area contributed by atoms with Crippen LogP contribution in [0.4, 0.5) is 0 Å². The SMILES string of the molecule is O=Cc1nn(C2CCOCC2)c2c1COC2. The van der Waals surface area contributed by atoms with Gasteiger partial charge in [-0.25, -0.2) is 0 Å². The fourth-order valence-electron chi connectivity index (χ4n) is 2.41. The smallest absolute Gasteiger partial charge is 0.170 e. The molecule has 86 valence electrons. The summed E-state index contributed by atoms with van der Waals surface area (Å²) in [6, 6.07) is 0.359. The highest BCUT2D eigenvalue weighted by molar-refractivity contribution is 5.74. The molecule has 0 aromatic carbocycles. The average Bonchev–Trinajstić information content (AvgIpc) is 2.91. The maximum Gasteiger partial charge on any atom is 0.170 e. The fourth-order valence-corrected chi connectivity index (χ4v) is 2.41. The Hall–Kier alpha value is -1.20. The molecule has 0 bridgehead atoms. The van der Waals surface area contributed by atoms with E-state index in [4.69, 9.17) is 9.47 Å². The summed E-state index contributed by atoms with van der Waals surface area (Å²) in [5, 5.41) is 4.39. The minimum absolute atomic E-state index is 0.359. The van der Waals surface area contributed by atoms with Crippen LogP contribution in [0, 0.1) is 0 Å². The standard InChI is InChI=1S/C11H14N2O3/c14-5-10-9-6-16-7-11(9)13(12-10)8-1-3-15-4-2-8/h5,8H,1-4,6-7H2. The molecule has 2 aliphatic rings. The lowest BCUT2D eigenvalue weighted by Gasteiger charge is -2.23. The van der Waals surface area contributed by atoms with Crippen molar-refractivity contribution in [3.63, 3.8) is 0 Å². The van der Waals surface area contributed by atoms with Gasteiger partial charge in [0.1, 0.15) is 5.69 Å². The van der Waals surface area contributed by atoms with E-state index in [0.29, 0.717) is 24.9 Å². The number of nitrogens with zero attached hydrogens (tertiary/aromatic N) is 2. The Morgan fingerprint density at radius 1 is 1.25 bits per heavy atom. The highest BCUT2D eigenvalue weighted by Crippen LogP contribution is 2.29. The summed E-state index contributed by atoms with van der Waals surface area (Å²) >= 11 is 0. The molecular formula is C11H14N2O3. The van der Waals surface area contributed by atoms with E-state index in [1.54, 1.807) is 0 Å². The van der Waals surface area contributed by atoms with Gasteiger partial charge in [0.05, 0.1) is 24.9 Å². The number of carbonyl (C=O) groups excluding carboxylic acids is 1. The Bertz CT molecular complexity index is 408. The molecule has 0 atom stereocenters. The van der Waals surface area contributed by atoms with Crippen LogP contribution in [0.15, 0.2) is 0 Å². The summed E-state index contributed by atoms with van der Waals surface area (Å²) in [5.74, 6) is 0. The maximum atomic E-state index is 10.9. The lowest BCUT2D eigenvalue weighted by Crippen LogP contribution is -2.22. The maximum absolute atomic E-state index is 10.9. The normalized spacial score (nSPS) is 21.0. The van der Waals surface area contributed by atoms with Gasteiger partial charge in [-0.15, -0.1) is 0 Å². The van der Waals surface area contributed by atoms with E-state index < -0.39 is 0 Å². The Balaban J connectivity index is 1.97. The van der Waals surface area contributed by atoms with Crippen LogP contribution < -0.4 is 0 Å². The predicted molar refractivity (Wildman–Crippen MR) is 55.2 cm³/mol. The molecule has 0 spiro atoms. The van der Waals surface area contributed by atoms with E-state index >= 15 is 0 Å². The van der Waals surface area contributed by atoms with Gasteiger partial charge in [-0.3, -0.25) is 9.48 Å². The second kappa shape index (κ2) is 3.99. The first kappa shape index (κ1) is 9.99. The van der Waals surface area contributed by atoms with Crippen molar-refractivity contribution >= 4 is 6.29 Å². The van der Waals surface area contributed by atoms with Crippen molar-refractivity contribution in [3.8, 4) is 0 Å². The number of carbonyl (C=O) groups is 1. The van der Waals surface area contributed by atoms with Crippen molar-refractivity contribution in [2.24, 2.45) is 0 Å². The molecule has 3 rings (SSSR count). The van der Waals surface area contributed by atoms with Gasteiger partial charge in [0.2, 0.25) is 0 Å². The minimum Gasteiger partial charge on any atom is -0.381 e. The molecular weight excluding hydrogens is 208 g/mol. The van der Waals surface area contributed by atoms with Crippen LogP contribution in [0.3, 0.4) is 0 Å². The third-order valence-electron chi connectivity index (χ3n) is 3.28. The minimum atomic E-state index is 0.359. The monoisotopic (exact) mass is 222 g/mol. The van der Waals surface area contributed by atoms with E-state index in [0.717, 1.165) is 43.6 Å². The van der Waals surface area contributed by atoms with E-state index in [1.807, 2.05) is 4.68 Å². The number of fused-ring (bicyclic) bond motifs is 1. The van der Waals surface area contributed by atoms with Gasteiger partial charge in [-0.05, 0) is 12.8 Å². The molecule has 0 radical (unpaired) electrons. The highest BCUT2D eigenvalue weighted by atomic mass is 16.5. The quantitative estimate of drug-likeness (QED) is 0.702. The van der Waals surface area contributed by atoms with Gasteiger partial charge in [0, 0.05) is 18.8 Å². The second-order valence-electron chi connectivity index (χ2n) is 4.21. The van der Waals surface area contributed by atoms with Crippen LogP contribution in [-0.4, -0.2) is 29.3 Å². The summed E-state index contributed by atoms with van der Waals surface area (Å²) in [7, 11) is 0.